The van der Waals surface area contributed by atoms with Crippen LogP contribution in [0.1, 0.15) is 37.2 Å². The zero-order chi connectivity index (χ0) is 14.8. The van der Waals surface area contributed by atoms with E-state index in [0.29, 0.717) is 18.5 Å². The van der Waals surface area contributed by atoms with Crippen LogP contribution in [0, 0.1) is 0 Å². The average molecular weight is 275 g/mol. The van der Waals surface area contributed by atoms with E-state index in [1.807, 2.05) is 19.1 Å². The number of carbonyl (C=O) groups is 2. The normalized spacial score (nSPS) is 13.9. The molecule has 2 aromatic rings. The number of amides is 1. The van der Waals surface area contributed by atoms with Gasteiger partial charge in [0.2, 0.25) is 0 Å². The summed E-state index contributed by atoms with van der Waals surface area (Å²) in [6.07, 6.45) is 4.39. The van der Waals surface area contributed by atoms with Crippen molar-refractivity contribution in [2.45, 2.75) is 32.2 Å². The predicted octanol–water partition coefficient (Wildman–Crippen LogP) is 1.71. The summed E-state index contributed by atoms with van der Waals surface area (Å²) < 4.78 is 1.72. The molecule has 0 aliphatic rings. The summed E-state index contributed by atoms with van der Waals surface area (Å²) in [5.74, 6) is -1.52. The molecule has 2 aromatic heterocycles. The van der Waals surface area contributed by atoms with Gasteiger partial charge in [0.15, 0.2) is 0 Å². The quantitative estimate of drug-likeness (QED) is 0.870. The molecule has 1 unspecified atom stereocenters. The number of imidazole rings is 1. The van der Waals surface area contributed by atoms with Crippen molar-refractivity contribution >= 4 is 17.5 Å². The maximum Gasteiger partial charge on any atom is 0.329 e. The number of pyridine rings is 1. The highest BCUT2D eigenvalue weighted by Gasteiger charge is 2.34. The van der Waals surface area contributed by atoms with E-state index in [1.54, 1.807) is 22.9 Å². The highest BCUT2D eigenvalue weighted by molar-refractivity contribution is 5.96. The zero-order valence-corrected chi connectivity index (χ0v) is 11.5. The molecule has 0 fully saturated rings. The Morgan fingerprint density at radius 2 is 2.20 bits per heavy atom. The molecule has 6 nitrogen and oxygen atoms in total. The lowest BCUT2D eigenvalue weighted by Crippen LogP contribution is -2.52. The Balaban J connectivity index is 2.24. The van der Waals surface area contributed by atoms with Crippen LogP contribution in [-0.2, 0) is 4.79 Å². The Bertz CT molecular complexity index is 617. The molecule has 0 aliphatic heterocycles. The van der Waals surface area contributed by atoms with Crippen molar-refractivity contribution in [3.05, 3.63) is 36.3 Å². The summed E-state index contributed by atoms with van der Waals surface area (Å²) in [6, 6.07) is 5.43. The third kappa shape index (κ3) is 2.64. The lowest BCUT2D eigenvalue weighted by Gasteiger charge is -2.25. The van der Waals surface area contributed by atoms with Crippen LogP contribution >= 0.6 is 0 Å². The van der Waals surface area contributed by atoms with Crippen LogP contribution in [0.25, 0.3) is 5.65 Å². The van der Waals surface area contributed by atoms with Gasteiger partial charge in [-0.2, -0.15) is 0 Å². The smallest absolute Gasteiger partial charge is 0.329 e. The number of hydrogen-bond donors (Lipinski definition) is 2. The van der Waals surface area contributed by atoms with Gasteiger partial charge >= 0.3 is 5.97 Å². The van der Waals surface area contributed by atoms with Crippen LogP contribution in [0.15, 0.2) is 30.6 Å². The van der Waals surface area contributed by atoms with Gasteiger partial charge in [-0.1, -0.05) is 19.4 Å². The van der Waals surface area contributed by atoms with Gasteiger partial charge in [-0.15, -0.1) is 0 Å². The molecule has 0 spiro atoms. The Hall–Kier alpha value is -2.37. The molecular formula is C14H17N3O3. The first-order chi connectivity index (χ1) is 9.46. The number of nitrogens with one attached hydrogen (secondary N) is 1. The maximum atomic E-state index is 12.2. The number of carboxylic acids is 1. The van der Waals surface area contributed by atoms with Gasteiger partial charge in [0.25, 0.3) is 5.91 Å². The molecule has 1 atom stereocenters. The largest absolute Gasteiger partial charge is 0.480 e. The van der Waals surface area contributed by atoms with E-state index in [9.17, 15) is 14.7 Å². The SMILES string of the molecule is CCCC(C)(NC(=O)c1cn2ccccc2n1)C(=O)O. The van der Waals surface area contributed by atoms with Crippen molar-refractivity contribution < 1.29 is 14.7 Å². The second-order valence-electron chi connectivity index (χ2n) is 4.93. The Labute approximate surface area is 116 Å². The monoisotopic (exact) mass is 275 g/mol. The van der Waals surface area contributed by atoms with Crippen molar-refractivity contribution in [3.8, 4) is 0 Å². The van der Waals surface area contributed by atoms with Crippen LogP contribution in [0.4, 0.5) is 0 Å². The molecule has 2 rings (SSSR count). The standard InChI is InChI=1S/C14H17N3O3/c1-3-7-14(2,13(19)20)16-12(18)10-9-17-8-5-4-6-11(17)15-10/h4-6,8-9H,3,7H2,1-2H3,(H,16,18)(H,19,20). The number of aliphatic carboxylic acids is 1. The highest BCUT2D eigenvalue weighted by atomic mass is 16.4. The summed E-state index contributed by atoms with van der Waals surface area (Å²) in [4.78, 5) is 27.6. The Morgan fingerprint density at radius 3 is 2.80 bits per heavy atom. The van der Waals surface area contributed by atoms with Gasteiger partial charge in [-0.25, -0.2) is 9.78 Å². The number of rotatable bonds is 5. The molecule has 2 N–H and O–H groups in total. The van der Waals surface area contributed by atoms with Gasteiger partial charge in [0.05, 0.1) is 0 Å². The van der Waals surface area contributed by atoms with Gasteiger partial charge < -0.3 is 14.8 Å². The van der Waals surface area contributed by atoms with Gasteiger partial charge in [0, 0.05) is 12.4 Å². The van der Waals surface area contributed by atoms with Gasteiger partial charge in [-0.3, -0.25) is 4.79 Å². The molecule has 6 heteroatoms. The van der Waals surface area contributed by atoms with Crippen molar-refractivity contribution in [3.63, 3.8) is 0 Å². The molecule has 0 bridgehead atoms. The minimum Gasteiger partial charge on any atom is -0.480 e. The molecule has 106 valence electrons. The van der Waals surface area contributed by atoms with Crippen molar-refractivity contribution in [1.29, 1.82) is 0 Å². The van der Waals surface area contributed by atoms with Crippen molar-refractivity contribution in [2.24, 2.45) is 0 Å². The number of hydrogen-bond acceptors (Lipinski definition) is 3. The number of nitrogens with zero attached hydrogens (tertiary/aromatic N) is 2. The van der Waals surface area contributed by atoms with Crippen molar-refractivity contribution in [1.82, 2.24) is 14.7 Å². The zero-order valence-electron chi connectivity index (χ0n) is 11.5. The van der Waals surface area contributed by atoms with Crippen molar-refractivity contribution in [2.75, 3.05) is 0 Å². The number of carbonyl (C=O) groups excluding carboxylic acids is 1. The van der Waals surface area contributed by atoms with E-state index in [0.717, 1.165) is 0 Å². The topological polar surface area (TPSA) is 83.7 Å². The van der Waals surface area contributed by atoms with E-state index in [-0.39, 0.29) is 5.69 Å². The number of carboxylic acid groups (broad SMARTS) is 1. The molecule has 2 heterocycles. The highest BCUT2D eigenvalue weighted by Crippen LogP contribution is 2.14. The van der Waals surface area contributed by atoms with Crippen LogP contribution in [0.2, 0.25) is 0 Å². The van der Waals surface area contributed by atoms with Gasteiger partial charge in [0.1, 0.15) is 16.9 Å². The molecule has 0 saturated carbocycles. The van der Waals surface area contributed by atoms with Gasteiger partial charge in [-0.05, 0) is 25.5 Å². The summed E-state index contributed by atoms with van der Waals surface area (Å²) >= 11 is 0. The van der Waals surface area contributed by atoms with Crippen LogP contribution < -0.4 is 5.32 Å². The van der Waals surface area contributed by atoms with Crippen LogP contribution in [-0.4, -0.2) is 31.9 Å². The lowest BCUT2D eigenvalue weighted by molar-refractivity contribution is -0.144. The molecule has 1 amide bonds. The minimum atomic E-state index is -1.28. The summed E-state index contributed by atoms with van der Waals surface area (Å²) in [6.45, 7) is 3.38. The fraction of sp³-hybridized carbons (Fsp3) is 0.357. The van der Waals surface area contributed by atoms with E-state index < -0.39 is 17.4 Å². The predicted molar refractivity (Wildman–Crippen MR) is 73.6 cm³/mol. The number of fused-ring (bicyclic) bond motifs is 1. The van der Waals surface area contributed by atoms with E-state index in [2.05, 4.69) is 10.3 Å². The van der Waals surface area contributed by atoms with E-state index in [4.69, 9.17) is 0 Å². The molecule has 20 heavy (non-hydrogen) atoms. The molecule has 0 aliphatic carbocycles. The fourth-order valence-corrected chi connectivity index (χ4v) is 2.08. The molecule has 0 saturated heterocycles. The maximum absolute atomic E-state index is 12.2. The third-order valence-corrected chi connectivity index (χ3v) is 3.21. The molecular weight excluding hydrogens is 258 g/mol. The Morgan fingerprint density at radius 1 is 1.45 bits per heavy atom. The molecule has 0 radical (unpaired) electrons. The minimum absolute atomic E-state index is 0.208. The van der Waals surface area contributed by atoms with Crippen LogP contribution in [0.3, 0.4) is 0 Å². The summed E-state index contributed by atoms with van der Waals surface area (Å²) in [5, 5.41) is 11.8. The first kappa shape index (κ1) is 14.0. The van der Waals surface area contributed by atoms with Crippen LogP contribution in [0.5, 0.6) is 0 Å². The van der Waals surface area contributed by atoms with E-state index >= 15 is 0 Å². The fourth-order valence-electron chi connectivity index (χ4n) is 2.08. The lowest BCUT2D eigenvalue weighted by atomic mass is 9.96. The van der Waals surface area contributed by atoms with E-state index in [1.165, 1.54) is 6.92 Å². The number of aromatic nitrogens is 2. The summed E-state index contributed by atoms with van der Waals surface area (Å²) in [7, 11) is 0. The second-order valence-corrected chi connectivity index (χ2v) is 4.93. The summed E-state index contributed by atoms with van der Waals surface area (Å²) in [5.41, 5.74) is -0.424. The molecule has 0 aromatic carbocycles. The second kappa shape index (κ2) is 5.32. The Kier molecular flexibility index (Phi) is 3.74. The average Bonchev–Trinajstić information content (AvgIpc) is 2.82. The third-order valence-electron chi connectivity index (χ3n) is 3.21. The first-order valence-corrected chi connectivity index (χ1v) is 6.46. The first-order valence-electron chi connectivity index (χ1n) is 6.46.